The zero-order chi connectivity index (χ0) is 13.7. The van der Waals surface area contributed by atoms with E-state index in [0.717, 1.165) is 0 Å². The SMILES string of the molecule is N#CC(C#N)=NNc1ccc2c(c1)C(=O)NCCO2. The molecule has 0 spiro atoms. The van der Waals surface area contributed by atoms with Gasteiger partial charge in [-0.3, -0.25) is 10.2 Å². The smallest absolute Gasteiger partial charge is 0.255 e. The van der Waals surface area contributed by atoms with Crippen molar-refractivity contribution in [1.29, 1.82) is 10.5 Å². The highest BCUT2D eigenvalue weighted by molar-refractivity contribution is 6.10. The summed E-state index contributed by atoms with van der Waals surface area (Å²) in [6, 6.07) is 8.08. The number of nitrogens with one attached hydrogen (secondary N) is 2. The lowest BCUT2D eigenvalue weighted by molar-refractivity contribution is 0.0957. The van der Waals surface area contributed by atoms with E-state index in [2.05, 4.69) is 15.8 Å². The fourth-order valence-corrected chi connectivity index (χ4v) is 1.52. The molecule has 2 N–H and O–H groups in total. The topological polar surface area (TPSA) is 110 Å². The first-order chi connectivity index (χ1) is 9.24. The summed E-state index contributed by atoms with van der Waals surface area (Å²) in [5.74, 6) is 0.256. The Morgan fingerprint density at radius 2 is 2.21 bits per heavy atom. The van der Waals surface area contributed by atoms with Gasteiger partial charge in [0.1, 0.15) is 24.5 Å². The lowest BCUT2D eigenvalue weighted by Crippen LogP contribution is -2.24. The molecule has 1 amide bonds. The van der Waals surface area contributed by atoms with Crippen LogP contribution in [0.1, 0.15) is 10.4 Å². The Labute approximate surface area is 109 Å². The second-order valence-electron chi connectivity index (χ2n) is 3.61. The largest absolute Gasteiger partial charge is 0.491 e. The van der Waals surface area contributed by atoms with Crippen molar-refractivity contribution < 1.29 is 9.53 Å². The molecule has 0 aromatic heterocycles. The van der Waals surface area contributed by atoms with Gasteiger partial charge in [0, 0.05) is 0 Å². The zero-order valence-electron chi connectivity index (χ0n) is 9.80. The van der Waals surface area contributed by atoms with E-state index in [4.69, 9.17) is 15.3 Å². The highest BCUT2D eigenvalue weighted by Crippen LogP contribution is 2.24. The molecule has 94 valence electrons. The number of nitriles is 2. The van der Waals surface area contributed by atoms with Crippen molar-refractivity contribution in [2.75, 3.05) is 18.6 Å². The van der Waals surface area contributed by atoms with E-state index < -0.39 is 0 Å². The standard InChI is InChI=1S/C12H9N5O2/c13-6-9(7-14)17-16-8-1-2-11-10(5-8)12(18)15-3-4-19-11/h1-2,5,16H,3-4H2,(H,15,18). The first-order valence-electron chi connectivity index (χ1n) is 5.43. The maximum atomic E-state index is 11.7. The number of fused-ring (bicyclic) bond motifs is 1. The number of hydrogen-bond donors (Lipinski definition) is 2. The molecule has 1 heterocycles. The Morgan fingerprint density at radius 3 is 2.95 bits per heavy atom. The van der Waals surface area contributed by atoms with Gasteiger partial charge in [0.2, 0.25) is 5.71 Å². The van der Waals surface area contributed by atoms with Crippen molar-refractivity contribution in [2.45, 2.75) is 0 Å². The lowest BCUT2D eigenvalue weighted by atomic mass is 10.1. The van der Waals surface area contributed by atoms with Crippen LogP contribution in [0.3, 0.4) is 0 Å². The molecule has 1 aliphatic rings. The molecule has 1 aromatic carbocycles. The number of amides is 1. The molecule has 2 rings (SSSR count). The third-order valence-electron chi connectivity index (χ3n) is 2.38. The average molecular weight is 255 g/mol. The number of hydrazone groups is 1. The molecular formula is C12H9N5O2. The maximum absolute atomic E-state index is 11.7. The van der Waals surface area contributed by atoms with Crippen LogP contribution in [0.5, 0.6) is 5.75 Å². The fourth-order valence-electron chi connectivity index (χ4n) is 1.52. The normalized spacial score (nSPS) is 12.6. The van der Waals surface area contributed by atoms with Crippen LogP contribution in [-0.2, 0) is 0 Å². The molecule has 0 aliphatic carbocycles. The molecule has 0 unspecified atom stereocenters. The highest BCUT2D eigenvalue weighted by atomic mass is 16.5. The van der Waals surface area contributed by atoms with Gasteiger partial charge in [-0.05, 0) is 18.2 Å². The van der Waals surface area contributed by atoms with E-state index in [1.54, 1.807) is 30.3 Å². The molecule has 0 atom stereocenters. The molecule has 0 fully saturated rings. The summed E-state index contributed by atoms with van der Waals surface area (Å²) >= 11 is 0. The molecule has 19 heavy (non-hydrogen) atoms. The van der Waals surface area contributed by atoms with Crippen molar-refractivity contribution >= 4 is 17.3 Å². The van der Waals surface area contributed by atoms with Gasteiger partial charge in [0.05, 0.1) is 17.8 Å². The van der Waals surface area contributed by atoms with Gasteiger partial charge >= 0.3 is 0 Å². The minimum atomic E-state index is -0.296. The Bertz CT molecular complexity index is 608. The van der Waals surface area contributed by atoms with E-state index in [1.807, 2.05) is 0 Å². The number of nitrogens with zero attached hydrogens (tertiary/aromatic N) is 3. The van der Waals surface area contributed by atoms with Gasteiger partial charge in [-0.1, -0.05) is 0 Å². The van der Waals surface area contributed by atoms with E-state index in [-0.39, 0.29) is 11.6 Å². The Balaban J connectivity index is 2.26. The molecule has 0 saturated heterocycles. The van der Waals surface area contributed by atoms with Crippen LogP contribution in [0.2, 0.25) is 0 Å². The summed E-state index contributed by atoms with van der Waals surface area (Å²) in [6.07, 6.45) is 0. The predicted molar refractivity (Wildman–Crippen MR) is 66.6 cm³/mol. The summed E-state index contributed by atoms with van der Waals surface area (Å²) in [4.78, 5) is 11.7. The van der Waals surface area contributed by atoms with Crippen molar-refractivity contribution in [2.24, 2.45) is 5.10 Å². The Kier molecular flexibility index (Phi) is 3.60. The zero-order valence-corrected chi connectivity index (χ0v) is 9.80. The second-order valence-corrected chi connectivity index (χ2v) is 3.61. The van der Waals surface area contributed by atoms with Crippen LogP contribution in [0, 0.1) is 22.7 Å². The third-order valence-corrected chi connectivity index (χ3v) is 2.38. The Hall–Kier alpha value is -3.06. The monoisotopic (exact) mass is 255 g/mol. The van der Waals surface area contributed by atoms with Crippen molar-refractivity contribution in [1.82, 2.24) is 5.32 Å². The average Bonchev–Trinajstić information content (AvgIpc) is 2.62. The number of hydrogen-bond acceptors (Lipinski definition) is 6. The number of benzene rings is 1. The summed E-state index contributed by atoms with van der Waals surface area (Å²) in [5.41, 5.74) is 3.12. The molecule has 1 aliphatic heterocycles. The number of rotatable bonds is 2. The maximum Gasteiger partial charge on any atom is 0.255 e. The molecule has 0 radical (unpaired) electrons. The van der Waals surface area contributed by atoms with Crippen molar-refractivity contribution in [3.05, 3.63) is 23.8 Å². The van der Waals surface area contributed by atoms with Crippen LogP contribution >= 0.6 is 0 Å². The van der Waals surface area contributed by atoms with Crippen LogP contribution in [-0.4, -0.2) is 24.8 Å². The quantitative estimate of drug-likeness (QED) is 0.594. The molecule has 7 heteroatoms. The summed E-state index contributed by atoms with van der Waals surface area (Å²) in [6.45, 7) is 0.859. The number of carbonyl (C=O) groups excluding carboxylic acids is 1. The molecule has 0 saturated carbocycles. The van der Waals surface area contributed by atoms with Gasteiger partial charge in [0.25, 0.3) is 5.91 Å². The first-order valence-corrected chi connectivity index (χ1v) is 5.43. The minimum Gasteiger partial charge on any atom is -0.491 e. The first kappa shape index (κ1) is 12.4. The van der Waals surface area contributed by atoms with Crippen molar-refractivity contribution in [3.8, 4) is 17.9 Å². The van der Waals surface area contributed by atoms with E-state index >= 15 is 0 Å². The summed E-state index contributed by atoms with van der Waals surface area (Å²) in [7, 11) is 0. The fraction of sp³-hybridized carbons (Fsp3) is 0.167. The summed E-state index contributed by atoms with van der Waals surface area (Å²) < 4.78 is 5.39. The van der Waals surface area contributed by atoms with Gasteiger partial charge in [0.15, 0.2) is 0 Å². The molecule has 1 aromatic rings. The van der Waals surface area contributed by atoms with Crippen LogP contribution < -0.4 is 15.5 Å². The Morgan fingerprint density at radius 1 is 1.42 bits per heavy atom. The van der Waals surface area contributed by atoms with E-state index in [0.29, 0.717) is 30.2 Å². The molecule has 7 nitrogen and oxygen atoms in total. The second kappa shape index (κ2) is 5.52. The van der Waals surface area contributed by atoms with Crippen molar-refractivity contribution in [3.63, 3.8) is 0 Å². The van der Waals surface area contributed by atoms with E-state index in [9.17, 15) is 4.79 Å². The minimum absolute atomic E-state index is 0.235. The van der Waals surface area contributed by atoms with Crippen LogP contribution in [0.25, 0.3) is 0 Å². The highest BCUT2D eigenvalue weighted by Gasteiger charge is 2.16. The molecule has 0 bridgehead atoms. The third kappa shape index (κ3) is 2.79. The number of carbonyl (C=O) groups is 1. The van der Waals surface area contributed by atoms with Crippen LogP contribution in [0.4, 0.5) is 5.69 Å². The number of ether oxygens (including phenoxy) is 1. The van der Waals surface area contributed by atoms with Gasteiger partial charge in [-0.2, -0.15) is 15.6 Å². The van der Waals surface area contributed by atoms with Gasteiger partial charge < -0.3 is 10.1 Å². The van der Waals surface area contributed by atoms with Gasteiger partial charge in [-0.15, -0.1) is 0 Å². The predicted octanol–water partition coefficient (Wildman–Crippen LogP) is 0.624. The lowest BCUT2D eigenvalue weighted by Gasteiger charge is -2.07. The van der Waals surface area contributed by atoms with E-state index in [1.165, 1.54) is 0 Å². The number of anilines is 1. The van der Waals surface area contributed by atoms with Gasteiger partial charge in [-0.25, -0.2) is 0 Å². The van der Waals surface area contributed by atoms with Crippen LogP contribution in [0.15, 0.2) is 23.3 Å². The summed E-state index contributed by atoms with van der Waals surface area (Å²) in [5, 5.41) is 23.4. The molecular weight excluding hydrogens is 246 g/mol.